The van der Waals surface area contributed by atoms with E-state index in [1.807, 2.05) is 45.0 Å². The molecule has 0 unspecified atom stereocenters. The van der Waals surface area contributed by atoms with Crippen LogP contribution in [-0.2, 0) is 4.79 Å². The van der Waals surface area contributed by atoms with Gasteiger partial charge >= 0.3 is 0 Å². The number of rotatable bonds is 5. The molecule has 98 valence electrons. The minimum atomic E-state index is -0.286. The first-order chi connectivity index (χ1) is 8.44. The highest BCUT2D eigenvalue weighted by Gasteiger charge is 2.16. The summed E-state index contributed by atoms with van der Waals surface area (Å²) in [5, 5.41) is 11.9. The Bertz CT molecular complexity index is 436. The van der Waals surface area contributed by atoms with Gasteiger partial charge in [-0.3, -0.25) is 4.79 Å². The predicted molar refractivity (Wildman–Crippen MR) is 74.1 cm³/mol. The van der Waals surface area contributed by atoms with Gasteiger partial charge in [0.05, 0.1) is 0 Å². The van der Waals surface area contributed by atoms with Gasteiger partial charge in [-0.2, -0.15) is 0 Å². The normalized spacial score (nSPS) is 11.8. The number of aliphatic hydroxyl groups is 1. The molecule has 0 heterocycles. The van der Waals surface area contributed by atoms with E-state index in [-0.39, 0.29) is 17.9 Å². The van der Waals surface area contributed by atoms with Crippen molar-refractivity contribution in [3.8, 4) is 0 Å². The fourth-order valence-electron chi connectivity index (χ4n) is 1.38. The lowest BCUT2D eigenvalue weighted by Crippen LogP contribution is -2.35. The van der Waals surface area contributed by atoms with E-state index in [0.29, 0.717) is 6.54 Å². The number of aryl methyl sites for hydroxylation is 1. The number of carbonyl (C=O) groups is 1. The molecule has 18 heavy (non-hydrogen) atoms. The van der Waals surface area contributed by atoms with Crippen LogP contribution in [0.4, 0.5) is 0 Å². The summed E-state index contributed by atoms with van der Waals surface area (Å²) >= 11 is 0. The monoisotopic (exact) mass is 247 g/mol. The molecule has 0 fully saturated rings. The van der Waals surface area contributed by atoms with Crippen LogP contribution in [0.15, 0.2) is 30.3 Å². The van der Waals surface area contributed by atoms with Gasteiger partial charge in [-0.1, -0.05) is 38.1 Å². The minimum absolute atomic E-state index is 0.0504. The van der Waals surface area contributed by atoms with Gasteiger partial charge in [0.1, 0.15) is 0 Å². The highest BCUT2D eigenvalue weighted by atomic mass is 16.3. The second-order valence-electron chi connectivity index (χ2n) is 5.23. The second kappa shape index (κ2) is 6.36. The third-order valence-corrected chi connectivity index (χ3v) is 2.77. The van der Waals surface area contributed by atoms with Crippen LogP contribution in [0, 0.1) is 12.3 Å². The van der Waals surface area contributed by atoms with Crippen LogP contribution in [0.25, 0.3) is 6.08 Å². The summed E-state index contributed by atoms with van der Waals surface area (Å²) in [5.41, 5.74) is 1.89. The maximum atomic E-state index is 11.6. The quantitative estimate of drug-likeness (QED) is 0.783. The first-order valence-corrected chi connectivity index (χ1v) is 6.07. The van der Waals surface area contributed by atoms with Crippen molar-refractivity contribution in [3.05, 3.63) is 41.5 Å². The number of aliphatic hydroxyl groups excluding tert-OH is 1. The second-order valence-corrected chi connectivity index (χ2v) is 5.23. The molecule has 1 amide bonds. The number of hydrogen-bond donors (Lipinski definition) is 2. The van der Waals surface area contributed by atoms with Crippen LogP contribution in [0.2, 0.25) is 0 Å². The van der Waals surface area contributed by atoms with Crippen molar-refractivity contribution in [2.45, 2.75) is 20.8 Å². The van der Waals surface area contributed by atoms with E-state index in [2.05, 4.69) is 5.32 Å². The molecule has 0 bridgehead atoms. The topological polar surface area (TPSA) is 49.3 Å². The third-order valence-electron chi connectivity index (χ3n) is 2.77. The molecule has 3 heteroatoms. The highest BCUT2D eigenvalue weighted by molar-refractivity contribution is 5.91. The lowest BCUT2D eigenvalue weighted by molar-refractivity contribution is -0.116. The molecule has 1 rings (SSSR count). The molecule has 1 aromatic rings. The number of amides is 1. The van der Waals surface area contributed by atoms with Gasteiger partial charge in [0, 0.05) is 24.6 Å². The molecular formula is C15H21NO2. The van der Waals surface area contributed by atoms with Crippen molar-refractivity contribution in [3.63, 3.8) is 0 Å². The SMILES string of the molecule is Cc1ccccc1/C=C/C(=O)NCC(C)(C)CO. The minimum Gasteiger partial charge on any atom is -0.396 e. The Morgan fingerprint density at radius 3 is 2.67 bits per heavy atom. The van der Waals surface area contributed by atoms with Gasteiger partial charge in [0.2, 0.25) is 5.91 Å². The zero-order valence-electron chi connectivity index (χ0n) is 11.2. The average Bonchev–Trinajstić information content (AvgIpc) is 2.35. The molecule has 0 saturated heterocycles. The summed E-state index contributed by atoms with van der Waals surface area (Å²) < 4.78 is 0. The van der Waals surface area contributed by atoms with Crippen molar-refractivity contribution < 1.29 is 9.90 Å². The molecule has 1 aromatic carbocycles. The lowest BCUT2D eigenvalue weighted by Gasteiger charge is -2.21. The number of benzene rings is 1. The zero-order chi connectivity index (χ0) is 13.6. The van der Waals surface area contributed by atoms with Gasteiger partial charge < -0.3 is 10.4 Å². The lowest BCUT2D eigenvalue weighted by atomic mass is 9.95. The largest absolute Gasteiger partial charge is 0.396 e. The van der Waals surface area contributed by atoms with Crippen LogP contribution < -0.4 is 5.32 Å². The molecule has 0 radical (unpaired) electrons. The van der Waals surface area contributed by atoms with Crippen LogP contribution in [-0.4, -0.2) is 24.2 Å². The zero-order valence-corrected chi connectivity index (χ0v) is 11.2. The van der Waals surface area contributed by atoms with E-state index in [1.54, 1.807) is 6.08 Å². The summed E-state index contributed by atoms with van der Waals surface area (Å²) in [6, 6.07) is 7.89. The summed E-state index contributed by atoms with van der Waals surface area (Å²) in [6.07, 6.45) is 3.33. The molecule has 0 aliphatic rings. The first kappa shape index (κ1) is 14.5. The number of hydrogen-bond acceptors (Lipinski definition) is 2. The van der Waals surface area contributed by atoms with E-state index in [9.17, 15) is 4.79 Å². The molecule has 0 atom stereocenters. The molecular weight excluding hydrogens is 226 g/mol. The fraction of sp³-hybridized carbons (Fsp3) is 0.400. The van der Waals surface area contributed by atoms with Gasteiger partial charge in [-0.15, -0.1) is 0 Å². The van der Waals surface area contributed by atoms with Crippen molar-refractivity contribution >= 4 is 12.0 Å². The standard InChI is InChI=1S/C15H21NO2/c1-12-6-4-5-7-13(12)8-9-14(18)16-10-15(2,3)11-17/h4-9,17H,10-11H2,1-3H3,(H,16,18)/b9-8+. The van der Waals surface area contributed by atoms with Crippen LogP contribution in [0.1, 0.15) is 25.0 Å². The Labute approximate surface area is 109 Å². The van der Waals surface area contributed by atoms with Crippen molar-refractivity contribution in [2.24, 2.45) is 5.41 Å². The average molecular weight is 247 g/mol. The van der Waals surface area contributed by atoms with Crippen molar-refractivity contribution in [1.29, 1.82) is 0 Å². The van der Waals surface area contributed by atoms with E-state index in [1.165, 1.54) is 6.08 Å². The van der Waals surface area contributed by atoms with E-state index in [4.69, 9.17) is 5.11 Å². The maximum Gasteiger partial charge on any atom is 0.244 e. The number of carbonyl (C=O) groups excluding carboxylic acids is 1. The van der Waals surface area contributed by atoms with Crippen LogP contribution >= 0.6 is 0 Å². The van der Waals surface area contributed by atoms with Crippen molar-refractivity contribution in [1.82, 2.24) is 5.32 Å². The number of nitrogens with one attached hydrogen (secondary N) is 1. The molecule has 2 N–H and O–H groups in total. The molecule has 0 spiro atoms. The molecule has 0 saturated carbocycles. The summed E-state index contributed by atoms with van der Waals surface area (Å²) in [4.78, 5) is 11.6. The molecule has 0 aliphatic carbocycles. The highest BCUT2D eigenvalue weighted by Crippen LogP contribution is 2.11. The molecule has 3 nitrogen and oxygen atoms in total. The van der Waals surface area contributed by atoms with E-state index in [0.717, 1.165) is 11.1 Å². The van der Waals surface area contributed by atoms with Crippen LogP contribution in [0.3, 0.4) is 0 Å². The fourth-order valence-corrected chi connectivity index (χ4v) is 1.38. The summed E-state index contributed by atoms with van der Waals surface area (Å²) in [7, 11) is 0. The Morgan fingerprint density at radius 2 is 2.06 bits per heavy atom. The van der Waals surface area contributed by atoms with E-state index < -0.39 is 0 Å². The van der Waals surface area contributed by atoms with E-state index >= 15 is 0 Å². The Hall–Kier alpha value is -1.61. The first-order valence-electron chi connectivity index (χ1n) is 6.07. The van der Waals surface area contributed by atoms with Gasteiger partial charge in [0.25, 0.3) is 0 Å². The summed E-state index contributed by atoms with van der Waals surface area (Å²) in [5.74, 6) is -0.139. The predicted octanol–water partition coefficient (Wildman–Crippen LogP) is 2.14. The van der Waals surface area contributed by atoms with Crippen molar-refractivity contribution in [2.75, 3.05) is 13.2 Å². The maximum absolute atomic E-state index is 11.6. The smallest absolute Gasteiger partial charge is 0.244 e. The van der Waals surface area contributed by atoms with Gasteiger partial charge in [0.15, 0.2) is 0 Å². The Morgan fingerprint density at radius 1 is 1.39 bits per heavy atom. The van der Waals surface area contributed by atoms with Gasteiger partial charge in [-0.05, 0) is 24.1 Å². The Kier molecular flexibility index (Phi) is 5.10. The third kappa shape index (κ3) is 4.72. The van der Waals surface area contributed by atoms with Crippen LogP contribution in [0.5, 0.6) is 0 Å². The molecule has 0 aromatic heterocycles. The summed E-state index contributed by atoms with van der Waals surface area (Å²) in [6.45, 7) is 6.32. The van der Waals surface area contributed by atoms with Gasteiger partial charge in [-0.25, -0.2) is 0 Å². The molecule has 0 aliphatic heterocycles. The Balaban J connectivity index is 2.53.